The van der Waals surface area contributed by atoms with E-state index in [4.69, 9.17) is 25.1 Å². The van der Waals surface area contributed by atoms with Gasteiger partial charge in [-0.3, -0.25) is 9.48 Å². The fourth-order valence-electron chi connectivity index (χ4n) is 8.07. The van der Waals surface area contributed by atoms with E-state index in [0.29, 0.717) is 43.2 Å². The molecule has 0 bridgehead atoms. The number of aromatic nitrogens is 7. The van der Waals surface area contributed by atoms with Gasteiger partial charge in [-0.25, -0.2) is 9.67 Å². The van der Waals surface area contributed by atoms with Gasteiger partial charge < -0.3 is 9.64 Å². The molecule has 0 saturated carbocycles. The SMILES string of the molecule is CCCCn1c(=O)c2ccc(N3CCOCC3)nc2n1Cc1ccc(-c2ccccc2-c2nnn(C(c3ccccc3)(c3ccccc3)c3ccccc3)n2)cc1. The van der Waals surface area contributed by atoms with Crippen LogP contribution in [-0.4, -0.2) is 60.9 Å². The molecule has 0 radical (unpaired) electrons. The third kappa shape index (κ3) is 6.72. The summed E-state index contributed by atoms with van der Waals surface area (Å²) in [6.45, 7) is 6.20. The van der Waals surface area contributed by atoms with E-state index >= 15 is 0 Å². The Bertz CT molecular complexity index is 2550. The number of unbranched alkanes of at least 4 members (excludes halogenated alkanes) is 1. The van der Waals surface area contributed by atoms with E-state index < -0.39 is 5.54 Å². The van der Waals surface area contributed by atoms with E-state index in [0.717, 1.165) is 70.7 Å². The standard InChI is InChI=1S/C47H44N8O2/c1-2-3-29-53-46(56)42-27-28-43(52-30-32-57-33-31-52)48-45(42)54(53)34-35-23-25-36(26-24-35)40-21-13-14-22-41(40)44-49-51-55(50-44)47(37-15-7-4-8-16-37,38-17-9-5-10-18-38)39-19-11-6-12-20-39/h4-28H,2-3,29-34H2,1H3. The molecule has 0 N–H and O–H groups in total. The Morgan fingerprint density at radius 3 is 1.88 bits per heavy atom. The van der Waals surface area contributed by atoms with Gasteiger partial charge >= 0.3 is 0 Å². The lowest BCUT2D eigenvalue weighted by Gasteiger charge is -2.34. The largest absolute Gasteiger partial charge is 0.378 e. The van der Waals surface area contributed by atoms with Crippen LogP contribution in [0.1, 0.15) is 42.0 Å². The van der Waals surface area contributed by atoms with Gasteiger partial charge in [0.05, 0.1) is 25.1 Å². The Morgan fingerprint density at radius 2 is 1.26 bits per heavy atom. The zero-order valence-electron chi connectivity index (χ0n) is 32.0. The Balaban J connectivity index is 1.08. The maximum Gasteiger partial charge on any atom is 0.276 e. The van der Waals surface area contributed by atoms with Crippen LogP contribution in [0.5, 0.6) is 0 Å². The van der Waals surface area contributed by atoms with E-state index in [1.54, 1.807) is 4.80 Å². The Kier molecular flexibility index (Phi) is 10.0. The first-order chi connectivity index (χ1) is 28.1. The minimum absolute atomic E-state index is 0.00128. The molecule has 1 aliphatic heterocycles. The van der Waals surface area contributed by atoms with E-state index in [2.05, 4.69) is 126 Å². The summed E-state index contributed by atoms with van der Waals surface area (Å²) < 4.78 is 9.50. The fraction of sp³-hybridized carbons (Fsp3) is 0.213. The number of hydrogen-bond donors (Lipinski definition) is 0. The average Bonchev–Trinajstić information content (AvgIpc) is 3.87. The normalized spacial score (nSPS) is 13.3. The van der Waals surface area contributed by atoms with Crippen LogP contribution >= 0.6 is 0 Å². The Labute approximate surface area is 331 Å². The number of morpholine rings is 1. The number of fused-ring (bicyclic) bond motifs is 1. The summed E-state index contributed by atoms with van der Waals surface area (Å²) in [6.07, 6.45) is 1.90. The van der Waals surface area contributed by atoms with Crippen LogP contribution < -0.4 is 10.5 Å². The van der Waals surface area contributed by atoms with Gasteiger partial charge in [-0.2, -0.15) is 0 Å². The van der Waals surface area contributed by atoms with Gasteiger partial charge in [0.1, 0.15) is 5.82 Å². The van der Waals surface area contributed by atoms with Crippen molar-refractivity contribution in [3.05, 3.63) is 184 Å². The monoisotopic (exact) mass is 752 g/mol. The van der Waals surface area contributed by atoms with Gasteiger partial charge in [0.2, 0.25) is 5.82 Å². The lowest BCUT2D eigenvalue weighted by molar-refractivity contribution is 0.122. The smallest absolute Gasteiger partial charge is 0.276 e. The average molecular weight is 753 g/mol. The van der Waals surface area contributed by atoms with Crippen LogP contribution in [-0.2, 0) is 23.4 Å². The molecule has 284 valence electrons. The third-order valence-electron chi connectivity index (χ3n) is 11.0. The summed E-state index contributed by atoms with van der Waals surface area (Å²) in [5.74, 6) is 1.40. The summed E-state index contributed by atoms with van der Waals surface area (Å²) in [5.41, 5.74) is 6.89. The molecule has 10 heteroatoms. The first-order valence-electron chi connectivity index (χ1n) is 19.7. The van der Waals surface area contributed by atoms with Crippen molar-refractivity contribution in [1.29, 1.82) is 0 Å². The fourth-order valence-corrected chi connectivity index (χ4v) is 8.07. The minimum Gasteiger partial charge on any atom is -0.378 e. The highest BCUT2D eigenvalue weighted by Gasteiger charge is 2.41. The maximum absolute atomic E-state index is 13.7. The summed E-state index contributed by atoms with van der Waals surface area (Å²) in [4.78, 5) is 22.8. The second-order valence-electron chi connectivity index (χ2n) is 14.4. The number of rotatable bonds is 12. The molecular formula is C47H44N8O2. The van der Waals surface area contributed by atoms with Crippen molar-refractivity contribution in [2.45, 2.75) is 38.4 Å². The second-order valence-corrected chi connectivity index (χ2v) is 14.4. The highest BCUT2D eigenvalue weighted by Crippen LogP contribution is 2.40. The molecule has 57 heavy (non-hydrogen) atoms. The van der Waals surface area contributed by atoms with Gasteiger partial charge in [-0.05, 0) is 57.1 Å². The van der Waals surface area contributed by atoms with Crippen molar-refractivity contribution in [2.75, 3.05) is 31.2 Å². The highest BCUT2D eigenvalue weighted by atomic mass is 16.5. The summed E-state index contributed by atoms with van der Waals surface area (Å²) in [5, 5.41) is 15.4. The molecule has 5 aromatic carbocycles. The zero-order chi connectivity index (χ0) is 38.6. The van der Waals surface area contributed by atoms with Gasteiger partial charge in [0, 0.05) is 25.2 Å². The van der Waals surface area contributed by atoms with Crippen molar-refractivity contribution < 1.29 is 4.74 Å². The summed E-state index contributed by atoms with van der Waals surface area (Å²) in [7, 11) is 0. The van der Waals surface area contributed by atoms with Crippen molar-refractivity contribution >= 4 is 16.9 Å². The molecule has 0 amide bonds. The molecule has 0 atom stereocenters. The van der Waals surface area contributed by atoms with Crippen molar-refractivity contribution in [1.82, 2.24) is 34.6 Å². The molecule has 0 unspecified atom stereocenters. The van der Waals surface area contributed by atoms with Crippen molar-refractivity contribution in [2.24, 2.45) is 0 Å². The number of benzene rings is 5. The van der Waals surface area contributed by atoms with E-state index in [9.17, 15) is 4.79 Å². The summed E-state index contributed by atoms with van der Waals surface area (Å²) >= 11 is 0. The van der Waals surface area contributed by atoms with E-state index in [1.807, 2.05) is 47.1 Å². The number of nitrogens with zero attached hydrogens (tertiary/aromatic N) is 8. The molecule has 0 aliphatic carbocycles. The van der Waals surface area contributed by atoms with Crippen molar-refractivity contribution in [3.63, 3.8) is 0 Å². The number of hydrogen-bond acceptors (Lipinski definition) is 7. The third-order valence-corrected chi connectivity index (χ3v) is 11.0. The van der Waals surface area contributed by atoms with Gasteiger partial charge in [-0.15, -0.1) is 15.0 Å². The zero-order valence-corrected chi connectivity index (χ0v) is 32.0. The van der Waals surface area contributed by atoms with Gasteiger partial charge in [0.15, 0.2) is 11.2 Å². The molecule has 4 heterocycles. The highest BCUT2D eigenvalue weighted by molar-refractivity contribution is 5.80. The lowest BCUT2D eigenvalue weighted by Crippen LogP contribution is -2.39. The van der Waals surface area contributed by atoms with Crippen molar-refractivity contribution in [3.8, 4) is 22.5 Å². The molecule has 1 saturated heterocycles. The molecule has 1 fully saturated rings. The van der Waals surface area contributed by atoms with Crippen LogP contribution in [0.2, 0.25) is 0 Å². The Hall–Kier alpha value is -6.65. The molecule has 8 aromatic rings. The van der Waals surface area contributed by atoms with Gasteiger partial charge in [-0.1, -0.05) is 153 Å². The number of anilines is 1. The first kappa shape index (κ1) is 36.0. The molecule has 1 aliphatic rings. The van der Waals surface area contributed by atoms with E-state index in [1.165, 1.54) is 0 Å². The van der Waals surface area contributed by atoms with Crippen LogP contribution in [0.3, 0.4) is 0 Å². The molecular weight excluding hydrogens is 709 g/mol. The van der Waals surface area contributed by atoms with Crippen LogP contribution in [0.25, 0.3) is 33.5 Å². The van der Waals surface area contributed by atoms with Crippen LogP contribution in [0, 0.1) is 0 Å². The molecule has 3 aromatic heterocycles. The molecule has 0 spiro atoms. The molecule has 10 nitrogen and oxygen atoms in total. The van der Waals surface area contributed by atoms with Crippen LogP contribution in [0.4, 0.5) is 5.82 Å². The number of ether oxygens (including phenoxy) is 1. The van der Waals surface area contributed by atoms with Gasteiger partial charge in [0.25, 0.3) is 5.56 Å². The Morgan fingerprint density at radius 1 is 0.667 bits per heavy atom. The molecule has 9 rings (SSSR count). The lowest BCUT2D eigenvalue weighted by atomic mass is 9.77. The number of pyridine rings is 1. The predicted molar refractivity (Wildman–Crippen MR) is 224 cm³/mol. The van der Waals surface area contributed by atoms with Crippen LogP contribution in [0.15, 0.2) is 156 Å². The number of tetrazole rings is 1. The maximum atomic E-state index is 13.7. The summed E-state index contributed by atoms with van der Waals surface area (Å²) in [6, 6.07) is 51.7. The topological polar surface area (TPSA) is 95.9 Å². The second kappa shape index (κ2) is 15.8. The first-order valence-corrected chi connectivity index (χ1v) is 19.7. The quantitative estimate of drug-likeness (QED) is 0.117. The minimum atomic E-state index is -0.871. The predicted octanol–water partition coefficient (Wildman–Crippen LogP) is 8.04. The van der Waals surface area contributed by atoms with E-state index in [-0.39, 0.29) is 5.56 Å².